The van der Waals surface area contributed by atoms with Crippen LogP contribution in [0.5, 0.6) is 0 Å². The summed E-state index contributed by atoms with van der Waals surface area (Å²) in [6.07, 6.45) is 4.91. The summed E-state index contributed by atoms with van der Waals surface area (Å²) in [6, 6.07) is 0. The topological polar surface area (TPSA) is 93.5 Å². The third-order valence-electron chi connectivity index (χ3n) is 3.79. The first-order valence-electron chi connectivity index (χ1n) is 7.05. The summed E-state index contributed by atoms with van der Waals surface area (Å²) >= 11 is 1.20. The van der Waals surface area contributed by atoms with E-state index in [9.17, 15) is 9.59 Å². The average Bonchev–Trinajstić information content (AvgIpc) is 3.11. The van der Waals surface area contributed by atoms with Gasteiger partial charge in [0.2, 0.25) is 0 Å². The largest absolute Gasteiger partial charge is 0.465 e. The fourth-order valence-electron chi connectivity index (χ4n) is 2.61. The van der Waals surface area contributed by atoms with Gasteiger partial charge in [0.15, 0.2) is 0 Å². The standard InChI is InChI=1S/C14H21N3O3S/c1-16-12(18)11-10(15)9(14(19)20-2)13(21-11)17-7-8-5-3-4-6-8/h8,17H,3-7,15H2,1-2H3,(H,16,18). The second-order valence-electron chi connectivity index (χ2n) is 5.15. The molecule has 0 spiro atoms. The highest BCUT2D eigenvalue weighted by molar-refractivity contribution is 7.19. The Morgan fingerprint density at radius 2 is 2.05 bits per heavy atom. The first kappa shape index (κ1) is 15.6. The van der Waals surface area contributed by atoms with Crippen LogP contribution in [0.25, 0.3) is 0 Å². The van der Waals surface area contributed by atoms with Crippen LogP contribution in [0.1, 0.15) is 45.7 Å². The Kier molecular flexibility index (Phi) is 5.06. The summed E-state index contributed by atoms with van der Waals surface area (Å²) in [4.78, 5) is 24.1. The van der Waals surface area contributed by atoms with E-state index in [0.717, 1.165) is 6.54 Å². The lowest BCUT2D eigenvalue weighted by Crippen LogP contribution is -2.18. The normalized spacial score (nSPS) is 15.0. The first-order valence-corrected chi connectivity index (χ1v) is 7.86. The van der Waals surface area contributed by atoms with E-state index in [2.05, 4.69) is 10.6 Å². The van der Waals surface area contributed by atoms with Crippen LogP contribution in [0.3, 0.4) is 0 Å². The molecule has 1 aromatic rings. The minimum absolute atomic E-state index is 0.181. The SMILES string of the molecule is CNC(=O)c1sc(NCC2CCCC2)c(C(=O)OC)c1N. The van der Waals surface area contributed by atoms with E-state index in [0.29, 0.717) is 15.8 Å². The summed E-state index contributed by atoms with van der Waals surface area (Å²) in [7, 11) is 2.84. The van der Waals surface area contributed by atoms with Gasteiger partial charge in [-0.15, -0.1) is 11.3 Å². The molecule has 0 bridgehead atoms. The molecule has 4 N–H and O–H groups in total. The van der Waals surface area contributed by atoms with Gasteiger partial charge in [-0.25, -0.2) is 4.79 Å². The Morgan fingerprint density at radius 1 is 1.38 bits per heavy atom. The van der Waals surface area contributed by atoms with Crippen LogP contribution in [-0.4, -0.2) is 32.6 Å². The molecule has 2 rings (SSSR count). The van der Waals surface area contributed by atoms with Crippen LogP contribution in [0.15, 0.2) is 0 Å². The van der Waals surface area contributed by atoms with Crippen molar-refractivity contribution in [3.63, 3.8) is 0 Å². The predicted molar refractivity (Wildman–Crippen MR) is 83.9 cm³/mol. The van der Waals surface area contributed by atoms with Crippen molar-refractivity contribution >= 4 is 33.9 Å². The van der Waals surface area contributed by atoms with Crippen molar-refractivity contribution in [3.8, 4) is 0 Å². The van der Waals surface area contributed by atoms with Crippen LogP contribution in [0.2, 0.25) is 0 Å². The minimum atomic E-state index is -0.521. The monoisotopic (exact) mass is 311 g/mol. The molecule has 0 radical (unpaired) electrons. The number of rotatable bonds is 5. The quantitative estimate of drug-likeness (QED) is 0.724. The number of ether oxygens (including phenoxy) is 1. The molecule has 1 saturated carbocycles. The molecule has 1 aliphatic carbocycles. The lowest BCUT2D eigenvalue weighted by Gasteiger charge is -2.11. The first-order chi connectivity index (χ1) is 10.1. The molecule has 1 heterocycles. The second-order valence-corrected chi connectivity index (χ2v) is 6.17. The smallest absolute Gasteiger partial charge is 0.343 e. The minimum Gasteiger partial charge on any atom is -0.465 e. The van der Waals surface area contributed by atoms with Crippen molar-refractivity contribution in [2.45, 2.75) is 25.7 Å². The lowest BCUT2D eigenvalue weighted by molar-refractivity contribution is 0.0603. The lowest BCUT2D eigenvalue weighted by atomic mass is 10.1. The average molecular weight is 311 g/mol. The van der Waals surface area contributed by atoms with Gasteiger partial charge in [0.05, 0.1) is 12.8 Å². The molecule has 1 fully saturated rings. The van der Waals surface area contributed by atoms with Gasteiger partial charge in [-0.05, 0) is 18.8 Å². The fourth-order valence-corrected chi connectivity index (χ4v) is 3.67. The molecule has 7 heteroatoms. The summed E-state index contributed by atoms with van der Waals surface area (Å²) in [6.45, 7) is 0.789. The molecule has 0 atom stereocenters. The number of esters is 1. The van der Waals surface area contributed by atoms with Gasteiger partial charge >= 0.3 is 5.97 Å². The number of carbonyl (C=O) groups excluding carboxylic acids is 2. The Balaban J connectivity index is 2.24. The van der Waals surface area contributed by atoms with Crippen molar-refractivity contribution in [3.05, 3.63) is 10.4 Å². The van der Waals surface area contributed by atoms with Crippen molar-refractivity contribution < 1.29 is 14.3 Å². The number of nitrogens with two attached hydrogens (primary N) is 1. The Labute approximate surface area is 128 Å². The van der Waals surface area contributed by atoms with Crippen molar-refractivity contribution in [2.24, 2.45) is 5.92 Å². The molecule has 1 aliphatic rings. The summed E-state index contributed by atoms with van der Waals surface area (Å²) in [5.74, 6) is -0.202. The highest BCUT2D eigenvalue weighted by atomic mass is 32.1. The number of hydrogen-bond donors (Lipinski definition) is 3. The number of amides is 1. The Bertz CT molecular complexity index is 536. The molecule has 6 nitrogen and oxygen atoms in total. The molecule has 0 aromatic carbocycles. The number of nitrogens with one attached hydrogen (secondary N) is 2. The van der Waals surface area contributed by atoms with E-state index in [-0.39, 0.29) is 17.2 Å². The van der Waals surface area contributed by atoms with Crippen molar-refractivity contribution in [2.75, 3.05) is 31.8 Å². The number of methoxy groups -OCH3 is 1. The number of anilines is 2. The highest BCUT2D eigenvalue weighted by Crippen LogP contribution is 2.37. The highest BCUT2D eigenvalue weighted by Gasteiger charge is 2.26. The molecule has 0 aliphatic heterocycles. The van der Waals surface area contributed by atoms with Gasteiger partial charge in [-0.3, -0.25) is 4.79 Å². The maximum atomic E-state index is 11.9. The molecule has 1 aromatic heterocycles. The number of carbonyl (C=O) groups is 2. The van der Waals surface area contributed by atoms with Crippen LogP contribution in [0, 0.1) is 5.92 Å². The predicted octanol–water partition coefficient (Wildman–Crippen LogP) is 2.08. The summed E-state index contributed by atoms with van der Waals surface area (Å²) in [5, 5.41) is 6.41. The zero-order chi connectivity index (χ0) is 15.4. The summed E-state index contributed by atoms with van der Waals surface area (Å²) < 4.78 is 4.77. The molecule has 21 heavy (non-hydrogen) atoms. The van der Waals surface area contributed by atoms with E-state index >= 15 is 0 Å². The maximum Gasteiger partial charge on any atom is 0.343 e. The zero-order valence-electron chi connectivity index (χ0n) is 12.3. The van der Waals surface area contributed by atoms with Crippen molar-refractivity contribution in [1.29, 1.82) is 0 Å². The zero-order valence-corrected chi connectivity index (χ0v) is 13.1. The van der Waals surface area contributed by atoms with Crippen molar-refractivity contribution in [1.82, 2.24) is 5.32 Å². The fraction of sp³-hybridized carbons (Fsp3) is 0.571. The molecule has 116 valence electrons. The second kappa shape index (κ2) is 6.80. The number of nitrogen functional groups attached to an aromatic ring is 1. The van der Waals surface area contributed by atoms with Crippen LogP contribution in [0.4, 0.5) is 10.7 Å². The maximum absolute atomic E-state index is 11.9. The van der Waals surface area contributed by atoms with Crippen LogP contribution in [-0.2, 0) is 4.74 Å². The third-order valence-corrected chi connectivity index (χ3v) is 4.96. The van der Waals surface area contributed by atoms with Gasteiger partial charge in [0.25, 0.3) is 5.91 Å². The molecular formula is C14H21N3O3S. The summed E-state index contributed by atoms with van der Waals surface area (Å²) in [5.41, 5.74) is 6.39. The molecule has 0 unspecified atom stereocenters. The van der Waals surface area contributed by atoms with E-state index in [1.807, 2.05) is 0 Å². The van der Waals surface area contributed by atoms with Gasteiger partial charge in [0.1, 0.15) is 15.4 Å². The number of hydrogen-bond acceptors (Lipinski definition) is 6. The van der Waals surface area contributed by atoms with E-state index in [1.54, 1.807) is 0 Å². The van der Waals surface area contributed by atoms with Gasteiger partial charge in [-0.2, -0.15) is 0 Å². The van der Waals surface area contributed by atoms with Gasteiger partial charge in [-0.1, -0.05) is 12.8 Å². The van der Waals surface area contributed by atoms with Gasteiger partial charge < -0.3 is 21.1 Å². The van der Waals surface area contributed by atoms with E-state index < -0.39 is 5.97 Å². The van der Waals surface area contributed by atoms with Crippen LogP contribution >= 0.6 is 11.3 Å². The molecule has 1 amide bonds. The van der Waals surface area contributed by atoms with Gasteiger partial charge in [0, 0.05) is 13.6 Å². The number of thiophene rings is 1. The van der Waals surface area contributed by atoms with E-state index in [4.69, 9.17) is 10.5 Å². The Morgan fingerprint density at radius 3 is 2.62 bits per heavy atom. The van der Waals surface area contributed by atoms with Crippen LogP contribution < -0.4 is 16.4 Å². The van der Waals surface area contributed by atoms with E-state index in [1.165, 1.54) is 51.2 Å². The molecule has 0 saturated heterocycles. The third kappa shape index (κ3) is 3.29. The molecular weight excluding hydrogens is 290 g/mol. The Hall–Kier alpha value is -1.76.